The molecule has 4 rings (SSSR count). The lowest BCUT2D eigenvalue weighted by atomic mass is 10.1. The lowest BCUT2D eigenvalue weighted by Crippen LogP contribution is -2.29. The van der Waals surface area contributed by atoms with E-state index in [9.17, 15) is 4.79 Å². The van der Waals surface area contributed by atoms with Gasteiger partial charge in [-0.2, -0.15) is 5.10 Å². The van der Waals surface area contributed by atoms with Crippen molar-refractivity contribution in [2.75, 3.05) is 33.2 Å². The first kappa shape index (κ1) is 18.6. The Kier molecular flexibility index (Phi) is 5.36. The van der Waals surface area contributed by atoms with Gasteiger partial charge >= 0.3 is 0 Å². The zero-order valence-corrected chi connectivity index (χ0v) is 16.2. The lowest BCUT2D eigenvalue weighted by molar-refractivity contribution is -0.117. The molecule has 0 atom stereocenters. The van der Waals surface area contributed by atoms with E-state index in [1.54, 1.807) is 0 Å². The van der Waals surface area contributed by atoms with E-state index in [0.29, 0.717) is 12.4 Å². The SMILES string of the molecule is CN1CCCN(Cc2nc(CC(N)=O)nn2-c2cccc3ccccc23)CC1. The van der Waals surface area contributed by atoms with Crippen LogP contribution in [-0.2, 0) is 17.8 Å². The van der Waals surface area contributed by atoms with Crippen molar-refractivity contribution in [2.45, 2.75) is 19.4 Å². The fourth-order valence-corrected chi connectivity index (χ4v) is 3.77. The highest BCUT2D eigenvalue weighted by molar-refractivity contribution is 5.90. The molecule has 1 saturated heterocycles. The van der Waals surface area contributed by atoms with Crippen molar-refractivity contribution < 1.29 is 4.79 Å². The highest BCUT2D eigenvalue weighted by Crippen LogP contribution is 2.23. The first-order valence-electron chi connectivity index (χ1n) is 9.72. The van der Waals surface area contributed by atoms with Gasteiger partial charge in [-0.25, -0.2) is 9.67 Å². The van der Waals surface area contributed by atoms with Gasteiger partial charge in [0.05, 0.1) is 18.7 Å². The summed E-state index contributed by atoms with van der Waals surface area (Å²) in [5, 5.41) is 6.90. The van der Waals surface area contributed by atoms with E-state index in [0.717, 1.165) is 54.9 Å². The molecule has 1 aromatic heterocycles. The summed E-state index contributed by atoms with van der Waals surface area (Å²) >= 11 is 0. The van der Waals surface area contributed by atoms with Crippen LogP contribution in [0.1, 0.15) is 18.1 Å². The monoisotopic (exact) mass is 378 g/mol. The summed E-state index contributed by atoms with van der Waals surface area (Å²) in [5.74, 6) is 0.901. The van der Waals surface area contributed by atoms with Gasteiger partial charge in [0.25, 0.3) is 0 Å². The van der Waals surface area contributed by atoms with E-state index in [4.69, 9.17) is 5.73 Å². The Balaban J connectivity index is 1.73. The minimum atomic E-state index is -0.419. The average Bonchev–Trinajstić information content (AvgIpc) is 2.94. The van der Waals surface area contributed by atoms with E-state index in [-0.39, 0.29) is 6.42 Å². The summed E-state index contributed by atoms with van der Waals surface area (Å²) in [5.41, 5.74) is 6.36. The fraction of sp³-hybridized carbons (Fsp3) is 0.381. The molecule has 1 aliphatic rings. The Morgan fingerprint density at radius 1 is 1.07 bits per heavy atom. The number of carbonyl (C=O) groups is 1. The third-order valence-corrected chi connectivity index (χ3v) is 5.22. The Hall–Kier alpha value is -2.77. The summed E-state index contributed by atoms with van der Waals surface area (Å²) in [6.07, 6.45) is 1.18. The van der Waals surface area contributed by atoms with Crippen LogP contribution in [0.2, 0.25) is 0 Å². The van der Waals surface area contributed by atoms with Crippen molar-refractivity contribution in [2.24, 2.45) is 5.73 Å². The molecule has 2 heterocycles. The van der Waals surface area contributed by atoms with E-state index >= 15 is 0 Å². The number of carbonyl (C=O) groups excluding carboxylic acids is 1. The van der Waals surface area contributed by atoms with Crippen LogP contribution in [-0.4, -0.2) is 63.7 Å². The molecular formula is C21H26N6O. The van der Waals surface area contributed by atoms with Gasteiger partial charge in [-0.15, -0.1) is 0 Å². The molecular weight excluding hydrogens is 352 g/mol. The summed E-state index contributed by atoms with van der Waals surface area (Å²) in [7, 11) is 2.16. The highest BCUT2D eigenvalue weighted by atomic mass is 16.1. The van der Waals surface area contributed by atoms with Crippen molar-refractivity contribution in [3.63, 3.8) is 0 Å². The minimum absolute atomic E-state index is 0.0491. The number of benzene rings is 2. The second-order valence-electron chi connectivity index (χ2n) is 7.43. The number of nitrogens with two attached hydrogens (primary N) is 1. The van der Waals surface area contributed by atoms with Gasteiger partial charge in [0.15, 0.2) is 5.82 Å². The van der Waals surface area contributed by atoms with Crippen LogP contribution in [0.15, 0.2) is 42.5 Å². The third-order valence-electron chi connectivity index (χ3n) is 5.22. The van der Waals surface area contributed by atoms with Crippen molar-refractivity contribution in [3.05, 3.63) is 54.1 Å². The number of primary amides is 1. The smallest absolute Gasteiger partial charge is 0.225 e. The van der Waals surface area contributed by atoms with Gasteiger partial charge in [0.1, 0.15) is 5.82 Å². The molecule has 1 fully saturated rings. The first-order valence-corrected chi connectivity index (χ1v) is 9.72. The molecule has 2 aromatic carbocycles. The number of nitrogens with zero attached hydrogens (tertiary/aromatic N) is 5. The number of likely N-dealkylation sites (N-methyl/N-ethyl adjacent to an activating group) is 1. The van der Waals surface area contributed by atoms with E-state index < -0.39 is 5.91 Å². The first-order chi connectivity index (χ1) is 13.6. The van der Waals surface area contributed by atoms with Crippen molar-refractivity contribution in [3.8, 4) is 5.69 Å². The molecule has 0 radical (unpaired) electrons. The topological polar surface area (TPSA) is 80.3 Å². The molecule has 146 valence electrons. The zero-order valence-electron chi connectivity index (χ0n) is 16.2. The van der Waals surface area contributed by atoms with Crippen LogP contribution in [0, 0.1) is 0 Å². The number of hydrogen-bond donors (Lipinski definition) is 1. The van der Waals surface area contributed by atoms with Crippen molar-refractivity contribution in [1.29, 1.82) is 0 Å². The van der Waals surface area contributed by atoms with Gasteiger partial charge in [0.2, 0.25) is 5.91 Å². The molecule has 7 heteroatoms. The normalized spacial score (nSPS) is 16.3. The minimum Gasteiger partial charge on any atom is -0.369 e. The molecule has 3 aromatic rings. The molecule has 0 unspecified atom stereocenters. The standard InChI is InChI=1S/C21H26N6O/c1-25-10-5-11-26(13-12-25)15-21-23-20(14-19(22)28)24-27(21)18-9-4-7-16-6-2-3-8-17(16)18/h2-4,6-9H,5,10-15H2,1H3,(H2,22,28). The van der Waals surface area contributed by atoms with Crippen LogP contribution in [0.5, 0.6) is 0 Å². The number of rotatable bonds is 5. The molecule has 1 aliphatic heterocycles. The van der Waals surface area contributed by atoms with Crippen molar-refractivity contribution >= 4 is 16.7 Å². The van der Waals surface area contributed by atoms with Gasteiger partial charge in [-0.05, 0) is 38.0 Å². The molecule has 2 N–H and O–H groups in total. The van der Waals surface area contributed by atoms with Crippen molar-refractivity contribution in [1.82, 2.24) is 24.6 Å². The largest absolute Gasteiger partial charge is 0.369 e. The number of amides is 1. The molecule has 1 amide bonds. The number of aromatic nitrogens is 3. The molecule has 28 heavy (non-hydrogen) atoms. The van der Waals surface area contributed by atoms with Gasteiger partial charge in [-0.1, -0.05) is 36.4 Å². The van der Waals surface area contributed by atoms with Gasteiger partial charge < -0.3 is 10.6 Å². The Morgan fingerprint density at radius 2 is 1.89 bits per heavy atom. The molecule has 0 spiro atoms. The Bertz CT molecular complexity index is 977. The maximum absolute atomic E-state index is 11.4. The zero-order chi connectivity index (χ0) is 19.5. The molecule has 0 aliphatic carbocycles. The molecule has 7 nitrogen and oxygen atoms in total. The average molecular weight is 378 g/mol. The van der Waals surface area contributed by atoms with Crippen LogP contribution in [0.4, 0.5) is 0 Å². The summed E-state index contributed by atoms with van der Waals surface area (Å²) in [4.78, 5) is 20.9. The Labute approximate surface area is 164 Å². The molecule has 0 saturated carbocycles. The summed E-state index contributed by atoms with van der Waals surface area (Å²) in [6.45, 7) is 4.86. The maximum Gasteiger partial charge on any atom is 0.225 e. The van der Waals surface area contributed by atoms with Crippen LogP contribution >= 0.6 is 0 Å². The number of fused-ring (bicyclic) bond motifs is 1. The molecule has 0 bridgehead atoms. The predicted octanol–water partition coefficient (Wildman–Crippen LogP) is 1.59. The van der Waals surface area contributed by atoms with Crippen LogP contribution in [0.25, 0.3) is 16.5 Å². The van der Waals surface area contributed by atoms with Gasteiger partial charge in [-0.3, -0.25) is 9.69 Å². The fourth-order valence-electron chi connectivity index (χ4n) is 3.77. The van der Waals surface area contributed by atoms with E-state index in [2.05, 4.69) is 45.1 Å². The highest BCUT2D eigenvalue weighted by Gasteiger charge is 2.19. The van der Waals surface area contributed by atoms with Gasteiger partial charge in [0, 0.05) is 18.5 Å². The quantitative estimate of drug-likeness (QED) is 0.729. The van der Waals surface area contributed by atoms with E-state index in [1.165, 1.54) is 0 Å². The Morgan fingerprint density at radius 3 is 2.75 bits per heavy atom. The maximum atomic E-state index is 11.4. The summed E-state index contributed by atoms with van der Waals surface area (Å²) < 4.78 is 1.88. The lowest BCUT2D eigenvalue weighted by Gasteiger charge is -2.20. The predicted molar refractivity (Wildman–Crippen MR) is 109 cm³/mol. The third kappa shape index (κ3) is 4.05. The van der Waals surface area contributed by atoms with Crippen LogP contribution < -0.4 is 5.73 Å². The number of hydrogen-bond acceptors (Lipinski definition) is 5. The van der Waals surface area contributed by atoms with E-state index in [1.807, 2.05) is 28.9 Å². The summed E-state index contributed by atoms with van der Waals surface area (Å²) in [6, 6.07) is 14.4. The van der Waals surface area contributed by atoms with Crippen LogP contribution in [0.3, 0.4) is 0 Å². The second-order valence-corrected chi connectivity index (χ2v) is 7.43. The second kappa shape index (κ2) is 8.08.